The van der Waals surface area contributed by atoms with Gasteiger partial charge in [0.25, 0.3) is 11.6 Å². The Balaban J connectivity index is 1.60. The zero-order valence-electron chi connectivity index (χ0n) is 15.6. The summed E-state index contributed by atoms with van der Waals surface area (Å²) in [6.45, 7) is 0.168. The second kappa shape index (κ2) is 9.96. The highest BCUT2D eigenvalue weighted by atomic mass is 35.5. The van der Waals surface area contributed by atoms with Gasteiger partial charge in [-0.2, -0.15) is 0 Å². The quantitative estimate of drug-likeness (QED) is 0.351. The molecule has 0 heterocycles. The number of hydrogen-bond donors (Lipinski definition) is 2. The van der Waals surface area contributed by atoms with Crippen LogP contribution in [0.2, 0.25) is 10.0 Å². The number of anilines is 2. The minimum absolute atomic E-state index is 0.0130. The third-order valence-electron chi connectivity index (χ3n) is 4.07. The minimum atomic E-state index is -0.457. The van der Waals surface area contributed by atoms with E-state index >= 15 is 0 Å². The molecule has 0 saturated carbocycles. The zero-order valence-corrected chi connectivity index (χ0v) is 17.1. The third-order valence-corrected chi connectivity index (χ3v) is 4.56. The fourth-order valence-corrected chi connectivity index (χ4v) is 2.92. The number of nitrogens with zero attached hydrogens (tertiary/aromatic N) is 1. The summed E-state index contributed by atoms with van der Waals surface area (Å²) in [6.07, 6.45) is 0. The number of nitro groups is 1. The summed E-state index contributed by atoms with van der Waals surface area (Å²) in [7, 11) is 0. The average molecular weight is 446 g/mol. The molecular weight excluding hydrogens is 429 g/mol. The van der Waals surface area contributed by atoms with Crippen LogP contribution in [0, 0.1) is 10.1 Å². The Morgan fingerprint density at radius 3 is 2.23 bits per heavy atom. The Bertz CT molecular complexity index is 1040. The van der Waals surface area contributed by atoms with E-state index in [0.717, 1.165) is 5.56 Å². The molecule has 3 rings (SSSR count). The van der Waals surface area contributed by atoms with Gasteiger partial charge in [-0.05, 0) is 54.6 Å². The molecule has 0 aliphatic heterocycles. The van der Waals surface area contributed by atoms with Gasteiger partial charge < -0.3 is 15.4 Å². The maximum Gasteiger partial charge on any atom is 0.269 e. The van der Waals surface area contributed by atoms with Crippen molar-refractivity contribution in [3.05, 3.63) is 92.5 Å². The van der Waals surface area contributed by atoms with Crippen molar-refractivity contribution in [2.45, 2.75) is 6.54 Å². The smallest absolute Gasteiger partial charge is 0.269 e. The number of benzene rings is 3. The van der Waals surface area contributed by atoms with Gasteiger partial charge in [-0.25, -0.2) is 0 Å². The predicted molar refractivity (Wildman–Crippen MR) is 117 cm³/mol. The molecule has 0 saturated heterocycles. The Morgan fingerprint density at radius 2 is 1.57 bits per heavy atom. The van der Waals surface area contributed by atoms with Crippen molar-refractivity contribution in [1.29, 1.82) is 0 Å². The van der Waals surface area contributed by atoms with E-state index in [4.69, 9.17) is 27.9 Å². The molecule has 0 atom stereocenters. The maximum absolute atomic E-state index is 12.1. The summed E-state index contributed by atoms with van der Waals surface area (Å²) in [6, 6.07) is 17.9. The van der Waals surface area contributed by atoms with Crippen molar-refractivity contribution in [2.75, 3.05) is 17.2 Å². The van der Waals surface area contributed by atoms with Crippen molar-refractivity contribution < 1.29 is 14.5 Å². The Hall–Kier alpha value is -3.29. The fraction of sp³-hybridized carbons (Fsp3) is 0.0952. The van der Waals surface area contributed by atoms with E-state index in [1.807, 2.05) is 0 Å². The van der Waals surface area contributed by atoms with E-state index in [2.05, 4.69) is 10.6 Å². The molecule has 0 spiro atoms. The van der Waals surface area contributed by atoms with Crippen LogP contribution in [0.3, 0.4) is 0 Å². The molecule has 9 heteroatoms. The molecule has 3 aromatic rings. The Morgan fingerprint density at radius 1 is 0.933 bits per heavy atom. The molecule has 0 unspecified atom stereocenters. The number of carbonyl (C=O) groups excluding carboxylic acids is 1. The van der Waals surface area contributed by atoms with Crippen molar-refractivity contribution in [2.24, 2.45) is 0 Å². The van der Waals surface area contributed by atoms with E-state index in [9.17, 15) is 14.9 Å². The van der Waals surface area contributed by atoms with Gasteiger partial charge >= 0.3 is 0 Å². The lowest BCUT2D eigenvalue weighted by Gasteiger charge is -2.13. The lowest BCUT2D eigenvalue weighted by molar-refractivity contribution is -0.384. The van der Waals surface area contributed by atoms with Gasteiger partial charge in [0.1, 0.15) is 5.75 Å². The maximum atomic E-state index is 12.1. The predicted octanol–water partition coefficient (Wildman–Crippen LogP) is 5.53. The van der Waals surface area contributed by atoms with Crippen LogP contribution in [-0.2, 0) is 11.3 Å². The van der Waals surface area contributed by atoms with Crippen LogP contribution in [0.4, 0.5) is 17.1 Å². The van der Waals surface area contributed by atoms with Gasteiger partial charge in [-0.1, -0.05) is 23.2 Å². The van der Waals surface area contributed by atoms with Crippen molar-refractivity contribution in [3.63, 3.8) is 0 Å². The molecular formula is C21H17Cl2N3O4. The van der Waals surface area contributed by atoms with Gasteiger partial charge in [0.2, 0.25) is 0 Å². The van der Waals surface area contributed by atoms with Crippen LogP contribution in [0.15, 0.2) is 66.7 Å². The van der Waals surface area contributed by atoms with E-state index < -0.39 is 4.92 Å². The van der Waals surface area contributed by atoms with Gasteiger partial charge in [0.05, 0.1) is 4.92 Å². The van der Waals surface area contributed by atoms with Gasteiger partial charge in [-0.3, -0.25) is 14.9 Å². The molecule has 0 bridgehead atoms. The second-order valence-corrected chi connectivity index (χ2v) is 7.13. The highest BCUT2D eigenvalue weighted by Crippen LogP contribution is 2.25. The molecule has 0 radical (unpaired) electrons. The molecule has 1 amide bonds. The van der Waals surface area contributed by atoms with Crippen LogP contribution in [-0.4, -0.2) is 17.4 Å². The van der Waals surface area contributed by atoms with E-state index in [1.165, 1.54) is 12.1 Å². The molecule has 7 nitrogen and oxygen atoms in total. The van der Waals surface area contributed by atoms with E-state index in [0.29, 0.717) is 33.7 Å². The van der Waals surface area contributed by atoms with Gasteiger partial charge in [0, 0.05) is 45.7 Å². The molecule has 0 aliphatic rings. The van der Waals surface area contributed by atoms with E-state index in [-0.39, 0.29) is 18.2 Å². The molecule has 0 fully saturated rings. The highest BCUT2D eigenvalue weighted by molar-refractivity contribution is 6.31. The number of amides is 1. The van der Waals surface area contributed by atoms with E-state index in [1.54, 1.807) is 54.6 Å². The lowest BCUT2D eigenvalue weighted by Crippen LogP contribution is -2.20. The summed E-state index contributed by atoms with van der Waals surface area (Å²) in [5, 5.41) is 17.7. The first-order valence-electron chi connectivity index (χ1n) is 8.86. The number of non-ortho nitro benzene ring substituents is 1. The number of carbonyl (C=O) groups is 1. The number of nitrogens with one attached hydrogen (secondary N) is 2. The molecule has 154 valence electrons. The number of halogens is 2. The Kier molecular flexibility index (Phi) is 7.11. The Labute approximate surface area is 182 Å². The first-order chi connectivity index (χ1) is 14.4. The molecule has 0 aliphatic carbocycles. The normalized spacial score (nSPS) is 10.3. The lowest BCUT2D eigenvalue weighted by atomic mass is 10.2. The summed E-state index contributed by atoms with van der Waals surface area (Å²) >= 11 is 11.9. The van der Waals surface area contributed by atoms with Crippen LogP contribution < -0.4 is 15.4 Å². The topological polar surface area (TPSA) is 93.5 Å². The average Bonchev–Trinajstić information content (AvgIpc) is 2.73. The number of nitro benzene ring substituents is 1. The van der Waals surface area contributed by atoms with Crippen molar-refractivity contribution in [3.8, 4) is 5.75 Å². The number of hydrogen-bond acceptors (Lipinski definition) is 5. The largest absolute Gasteiger partial charge is 0.483 e. The third kappa shape index (κ3) is 6.10. The summed E-state index contributed by atoms with van der Waals surface area (Å²) in [5.74, 6) is 0.182. The standard InChI is InChI=1S/C21H17Cl2N3O4/c22-15-1-4-18(5-2-15)25-21(27)13-30-20-10-3-16(23)11-14(20)12-24-17-6-8-19(9-7-17)26(28)29/h1-11,24H,12-13H2,(H,25,27). The minimum Gasteiger partial charge on any atom is -0.483 e. The highest BCUT2D eigenvalue weighted by Gasteiger charge is 2.10. The first kappa shape index (κ1) is 21.4. The molecule has 3 aromatic carbocycles. The first-order valence-corrected chi connectivity index (χ1v) is 9.61. The monoisotopic (exact) mass is 445 g/mol. The van der Waals surface area contributed by atoms with Gasteiger partial charge in [-0.15, -0.1) is 0 Å². The number of ether oxygens (including phenoxy) is 1. The summed E-state index contributed by atoms with van der Waals surface area (Å²) in [5.41, 5.74) is 2.07. The summed E-state index contributed by atoms with van der Waals surface area (Å²) in [4.78, 5) is 22.4. The SMILES string of the molecule is O=C(COc1ccc(Cl)cc1CNc1ccc([N+](=O)[O-])cc1)Nc1ccc(Cl)cc1. The van der Waals surface area contributed by atoms with Crippen LogP contribution in [0.5, 0.6) is 5.75 Å². The van der Waals surface area contributed by atoms with Crippen LogP contribution in [0.25, 0.3) is 0 Å². The van der Waals surface area contributed by atoms with Crippen LogP contribution in [0.1, 0.15) is 5.56 Å². The summed E-state index contributed by atoms with van der Waals surface area (Å²) < 4.78 is 5.66. The molecule has 30 heavy (non-hydrogen) atoms. The molecule has 2 N–H and O–H groups in total. The number of rotatable bonds is 8. The fourth-order valence-electron chi connectivity index (χ4n) is 2.60. The van der Waals surface area contributed by atoms with Crippen molar-refractivity contribution >= 4 is 46.2 Å². The van der Waals surface area contributed by atoms with Gasteiger partial charge in [0.15, 0.2) is 6.61 Å². The van der Waals surface area contributed by atoms with Crippen LogP contribution >= 0.6 is 23.2 Å². The second-order valence-electron chi connectivity index (χ2n) is 6.25. The van der Waals surface area contributed by atoms with Crippen molar-refractivity contribution in [1.82, 2.24) is 0 Å². The zero-order chi connectivity index (χ0) is 21.5. The molecule has 0 aromatic heterocycles.